The number of nitrogens with zero attached hydrogens (tertiary/aromatic N) is 3. The molecule has 61 heavy (non-hydrogen) atoms. The molecule has 6 aromatic carbocycles. The van der Waals surface area contributed by atoms with Gasteiger partial charge in [-0.2, -0.15) is 0 Å². The maximum Gasteiger partial charge on any atom is 0.0630 e. The zero-order valence-electron chi connectivity index (χ0n) is 34.4. The summed E-state index contributed by atoms with van der Waals surface area (Å²) >= 11 is 0. The van der Waals surface area contributed by atoms with Crippen molar-refractivity contribution in [1.82, 2.24) is 0 Å². The normalized spacial score (nSPS) is 19.6. The zero-order valence-corrected chi connectivity index (χ0v) is 34.4. The summed E-state index contributed by atoms with van der Waals surface area (Å²) in [4.78, 5) is 7.50. The van der Waals surface area contributed by atoms with Gasteiger partial charge in [-0.25, -0.2) is 0 Å². The Morgan fingerprint density at radius 1 is 0.541 bits per heavy atom. The van der Waals surface area contributed by atoms with Crippen LogP contribution in [-0.2, 0) is 6.42 Å². The van der Waals surface area contributed by atoms with E-state index in [0.717, 1.165) is 49.2 Å². The topological polar surface area (TPSA) is 9.72 Å². The number of fused-ring (bicyclic) bond motifs is 4. The zero-order chi connectivity index (χ0) is 40.5. The number of hydrogen-bond acceptors (Lipinski definition) is 3. The molecule has 0 saturated carbocycles. The molecular formula is C58H49N3. The lowest BCUT2D eigenvalue weighted by Crippen LogP contribution is -2.34. The van der Waals surface area contributed by atoms with Crippen LogP contribution in [-0.4, -0.2) is 12.1 Å². The van der Waals surface area contributed by atoms with Crippen LogP contribution in [0.1, 0.15) is 48.3 Å². The van der Waals surface area contributed by atoms with Gasteiger partial charge in [0.2, 0.25) is 0 Å². The van der Waals surface area contributed by atoms with Crippen LogP contribution in [0.5, 0.6) is 0 Å². The minimum absolute atomic E-state index is 0.193. The first-order valence-corrected chi connectivity index (χ1v) is 22.0. The number of para-hydroxylation sites is 3. The van der Waals surface area contributed by atoms with Crippen molar-refractivity contribution in [2.75, 3.05) is 14.7 Å². The number of anilines is 6. The second-order valence-corrected chi connectivity index (χ2v) is 16.7. The second-order valence-electron chi connectivity index (χ2n) is 16.7. The monoisotopic (exact) mass is 787 g/mol. The summed E-state index contributed by atoms with van der Waals surface area (Å²) in [5.74, 6) is 0.218. The second kappa shape index (κ2) is 16.2. The van der Waals surface area contributed by atoms with Crippen molar-refractivity contribution in [1.29, 1.82) is 0 Å². The lowest BCUT2D eigenvalue weighted by molar-refractivity contribution is 0.712. The van der Waals surface area contributed by atoms with Gasteiger partial charge in [0.1, 0.15) is 0 Å². The van der Waals surface area contributed by atoms with E-state index in [1.807, 2.05) is 0 Å². The van der Waals surface area contributed by atoms with Crippen molar-refractivity contribution in [3.63, 3.8) is 0 Å². The van der Waals surface area contributed by atoms with Crippen LogP contribution < -0.4 is 14.7 Å². The number of aryl methyl sites for hydroxylation is 1. The standard InChI is InChI=1S/C58H49N3/c1-5-18-47(19-6-1)59(48-20-7-2-8-21-48)51-34-28-42(29-35-51)45-32-38-57-54(40-45)55-41-46(33-39-58(55)61(57)56-27-15-17-44-16-13-14-26-53(44)56)43-30-36-52(37-31-43)60(49-22-9-3-10-23-49)50-24-11-4-12-25-50/h1-12,14-15,17-24,26-30,32-36,38-41,50,55,58H,13,16,25,31,37H2. The number of benzene rings is 6. The summed E-state index contributed by atoms with van der Waals surface area (Å²) in [5.41, 5.74) is 18.1. The van der Waals surface area contributed by atoms with E-state index >= 15 is 0 Å². The molecule has 0 saturated heterocycles. The van der Waals surface area contributed by atoms with E-state index < -0.39 is 0 Å². The van der Waals surface area contributed by atoms with E-state index in [1.165, 1.54) is 61.7 Å². The minimum atomic E-state index is 0.193. The van der Waals surface area contributed by atoms with Crippen LogP contribution in [0.2, 0.25) is 0 Å². The molecule has 0 radical (unpaired) electrons. The van der Waals surface area contributed by atoms with E-state index in [1.54, 1.807) is 0 Å². The summed E-state index contributed by atoms with van der Waals surface area (Å²) in [6.45, 7) is 0. The summed E-state index contributed by atoms with van der Waals surface area (Å²) < 4.78 is 0. The van der Waals surface area contributed by atoms with Gasteiger partial charge >= 0.3 is 0 Å². The third-order valence-electron chi connectivity index (χ3n) is 13.1. The highest BCUT2D eigenvalue weighted by Crippen LogP contribution is 2.52. The van der Waals surface area contributed by atoms with E-state index in [-0.39, 0.29) is 12.0 Å². The maximum atomic E-state index is 2.62. The van der Waals surface area contributed by atoms with Gasteiger partial charge in [0.05, 0.1) is 12.1 Å². The molecule has 0 spiro atoms. The quantitative estimate of drug-likeness (QED) is 0.144. The lowest BCUT2D eigenvalue weighted by Gasteiger charge is -2.36. The van der Waals surface area contributed by atoms with Gasteiger partial charge in [-0.1, -0.05) is 146 Å². The molecule has 1 heterocycles. The molecule has 3 heteroatoms. The third-order valence-corrected chi connectivity index (χ3v) is 13.1. The predicted octanol–water partition coefficient (Wildman–Crippen LogP) is 14.9. The molecule has 0 amide bonds. The smallest absolute Gasteiger partial charge is 0.0630 e. The first kappa shape index (κ1) is 36.9. The molecule has 1 aliphatic heterocycles. The van der Waals surface area contributed by atoms with Gasteiger partial charge in [-0.15, -0.1) is 0 Å². The molecule has 5 aliphatic rings. The first-order valence-electron chi connectivity index (χ1n) is 22.0. The molecule has 0 aromatic heterocycles. The van der Waals surface area contributed by atoms with Crippen molar-refractivity contribution < 1.29 is 0 Å². The van der Waals surface area contributed by atoms with E-state index in [9.17, 15) is 0 Å². The number of hydrogen-bond donors (Lipinski definition) is 0. The third kappa shape index (κ3) is 7.00. The summed E-state index contributed by atoms with van der Waals surface area (Å²) in [5, 5.41) is 0. The van der Waals surface area contributed by atoms with E-state index in [2.05, 4.69) is 233 Å². The van der Waals surface area contributed by atoms with E-state index in [0.29, 0.717) is 6.04 Å². The van der Waals surface area contributed by atoms with Crippen molar-refractivity contribution in [3.05, 3.63) is 246 Å². The van der Waals surface area contributed by atoms with Gasteiger partial charge in [0.25, 0.3) is 0 Å². The summed E-state index contributed by atoms with van der Waals surface area (Å²) in [7, 11) is 0. The van der Waals surface area contributed by atoms with E-state index in [4.69, 9.17) is 0 Å². The molecule has 6 aromatic rings. The Morgan fingerprint density at radius 2 is 1.26 bits per heavy atom. The minimum Gasteiger partial charge on any atom is -0.338 e. The first-order chi connectivity index (χ1) is 30.3. The van der Waals surface area contributed by atoms with Crippen molar-refractivity contribution in [2.45, 2.75) is 50.1 Å². The fourth-order valence-corrected chi connectivity index (χ4v) is 10.1. The average molecular weight is 788 g/mol. The molecular weight excluding hydrogens is 739 g/mol. The molecule has 0 bridgehead atoms. The molecule has 0 N–H and O–H groups in total. The Bertz CT molecular complexity index is 2750. The highest BCUT2D eigenvalue weighted by molar-refractivity contribution is 5.85. The maximum absolute atomic E-state index is 2.62. The summed E-state index contributed by atoms with van der Waals surface area (Å²) in [6.07, 6.45) is 31.2. The largest absolute Gasteiger partial charge is 0.338 e. The van der Waals surface area contributed by atoms with Crippen molar-refractivity contribution in [3.8, 4) is 11.1 Å². The summed E-state index contributed by atoms with van der Waals surface area (Å²) in [6, 6.07) is 55.9. The van der Waals surface area contributed by atoms with Crippen LogP contribution in [0.3, 0.4) is 0 Å². The predicted molar refractivity (Wildman–Crippen MR) is 257 cm³/mol. The lowest BCUT2D eigenvalue weighted by atomic mass is 9.83. The highest BCUT2D eigenvalue weighted by Gasteiger charge is 2.40. The van der Waals surface area contributed by atoms with Gasteiger partial charge in [-0.3, -0.25) is 0 Å². The Balaban J connectivity index is 0.956. The molecule has 11 rings (SSSR count). The van der Waals surface area contributed by atoms with Gasteiger partial charge < -0.3 is 14.7 Å². The fourth-order valence-electron chi connectivity index (χ4n) is 10.1. The Hall–Kier alpha value is -7.10. The molecule has 3 nitrogen and oxygen atoms in total. The molecule has 4 aliphatic carbocycles. The molecule has 296 valence electrons. The average Bonchev–Trinajstić information content (AvgIpc) is 3.66. The Kier molecular flexibility index (Phi) is 9.79. The number of rotatable bonds is 9. The Morgan fingerprint density at radius 3 is 1.97 bits per heavy atom. The van der Waals surface area contributed by atoms with Gasteiger partial charge in [-0.05, 0) is 138 Å². The fraction of sp³-hybridized carbons (Fsp3) is 0.138. The van der Waals surface area contributed by atoms with Gasteiger partial charge in [0, 0.05) is 51.3 Å². The van der Waals surface area contributed by atoms with Crippen LogP contribution in [0.15, 0.2) is 229 Å². The van der Waals surface area contributed by atoms with Crippen molar-refractivity contribution in [2.24, 2.45) is 0 Å². The molecule has 0 fully saturated rings. The number of allylic oxidation sites excluding steroid dienone is 9. The SMILES string of the molecule is C1=CCC(N(C2=CC=C(C3=CC4c5cc(-c6ccc(N(c7ccccc7)c7ccccc7)cc6)ccc5N(c5cccc6c5C=CCC6)C4C=C3)CC2)c2ccccc2)C=C1. The van der Waals surface area contributed by atoms with Crippen LogP contribution in [0.4, 0.5) is 34.1 Å². The molecule has 3 atom stereocenters. The van der Waals surface area contributed by atoms with Crippen LogP contribution >= 0.6 is 0 Å². The van der Waals surface area contributed by atoms with Crippen LogP contribution in [0, 0.1) is 0 Å². The van der Waals surface area contributed by atoms with Crippen LogP contribution in [0.25, 0.3) is 17.2 Å². The van der Waals surface area contributed by atoms with Gasteiger partial charge in [0.15, 0.2) is 0 Å². The molecule has 3 unspecified atom stereocenters. The highest BCUT2D eigenvalue weighted by atomic mass is 15.2. The Labute approximate surface area is 360 Å². The van der Waals surface area contributed by atoms with Crippen molar-refractivity contribution >= 4 is 40.2 Å².